The van der Waals surface area contributed by atoms with Crippen molar-refractivity contribution in [2.24, 2.45) is 0 Å². The first-order chi connectivity index (χ1) is 13.1. The number of carbonyl (C=O) groups is 1. The third-order valence-corrected chi connectivity index (χ3v) is 6.20. The monoisotopic (exact) mass is 396 g/mol. The Balaban J connectivity index is 1.78. The number of aromatic nitrogens is 2. The van der Waals surface area contributed by atoms with Crippen LogP contribution in [-0.2, 0) is 0 Å². The van der Waals surface area contributed by atoms with Crippen LogP contribution in [0.1, 0.15) is 16.1 Å². The molecule has 0 aliphatic heterocycles. The summed E-state index contributed by atoms with van der Waals surface area (Å²) in [6.07, 6.45) is 1.58. The van der Waals surface area contributed by atoms with Crippen LogP contribution in [0.25, 0.3) is 11.3 Å². The van der Waals surface area contributed by atoms with Gasteiger partial charge < -0.3 is 11.1 Å². The number of hydrogen-bond donors (Lipinski definition) is 2. The summed E-state index contributed by atoms with van der Waals surface area (Å²) < 4.78 is 0. The van der Waals surface area contributed by atoms with Gasteiger partial charge in [-0.3, -0.25) is 4.79 Å². The predicted octanol–water partition coefficient (Wildman–Crippen LogP) is 4.64. The standard InChI is InChI=1S/C20H21N4OPS/c1-13-3-5-14(6-4-13)17-11-22-19(21)18(24-17)20(25)23-15-7-9-16(10-8-15)27-12-26-2/h3-11,26H,12H2,1-2H3,(H2,21,22)(H,23,25). The first kappa shape index (κ1) is 19.3. The lowest BCUT2D eigenvalue weighted by atomic mass is 10.1. The summed E-state index contributed by atoms with van der Waals surface area (Å²) in [5.41, 5.74) is 10.5. The number of benzene rings is 2. The lowest BCUT2D eigenvalue weighted by molar-refractivity contribution is 0.102. The van der Waals surface area contributed by atoms with Crippen molar-refractivity contribution in [3.05, 3.63) is 66.0 Å². The van der Waals surface area contributed by atoms with Crippen molar-refractivity contribution in [1.82, 2.24) is 9.97 Å². The maximum atomic E-state index is 12.6. The molecule has 3 rings (SSSR count). The molecule has 1 aromatic heterocycles. The summed E-state index contributed by atoms with van der Waals surface area (Å²) in [5, 5.41) is 2.84. The van der Waals surface area contributed by atoms with Crippen LogP contribution in [0.5, 0.6) is 0 Å². The first-order valence-electron chi connectivity index (χ1n) is 8.45. The zero-order valence-corrected chi connectivity index (χ0v) is 17.0. The molecule has 138 valence electrons. The highest BCUT2D eigenvalue weighted by Gasteiger charge is 2.15. The van der Waals surface area contributed by atoms with Gasteiger partial charge in [-0.05, 0) is 37.9 Å². The molecule has 27 heavy (non-hydrogen) atoms. The van der Waals surface area contributed by atoms with Crippen LogP contribution in [0, 0.1) is 6.92 Å². The SMILES string of the molecule is CPCSc1ccc(NC(=O)c2nc(-c3ccc(C)cc3)cnc2N)cc1. The second kappa shape index (κ2) is 8.98. The smallest absolute Gasteiger partial charge is 0.278 e. The lowest BCUT2D eigenvalue weighted by Gasteiger charge is -2.09. The molecule has 0 fully saturated rings. The Labute approximate surface area is 165 Å². The van der Waals surface area contributed by atoms with Gasteiger partial charge in [0.25, 0.3) is 5.91 Å². The zero-order chi connectivity index (χ0) is 19.2. The summed E-state index contributed by atoms with van der Waals surface area (Å²) >= 11 is 1.80. The fourth-order valence-electron chi connectivity index (χ4n) is 2.41. The minimum Gasteiger partial charge on any atom is -0.382 e. The Morgan fingerprint density at radius 3 is 2.52 bits per heavy atom. The van der Waals surface area contributed by atoms with Crippen LogP contribution in [0.4, 0.5) is 11.5 Å². The van der Waals surface area contributed by atoms with Gasteiger partial charge in [0.15, 0.2) is 11.5 Å². The van der Waals surface area contributed by atoms with Gasteiger partial charge in [0.2, 0.25) is 0 Å². The second-order valence-electron chi connectivity index (χ2n) is 5.98. The average molecular weight is 396 g/mol. The van der Waals surface area contributed by atoms with Crippen LogP contribution in [-0.4, -0.2) is 28.0 Å². The van der Waals surface area contributed by atoms with Gasteiger partial charge in [-0.25, -0.2) is 9.97 Å². The number of carbonyl (C=O) groups excluding carboxylic acids is 1. The Morgan fingerprint density at radius 1 is 1.15 bits per heavy atom. The molecule has 3 aromatic rings. The Hall–Kier alpha value is -2.43. The van der Waals surface area contributed by atoms with Gasteiger partial charge in [0.05, 0.1) is 11.9 Å². The van der Waals surface area contributed by atoms with E-state index in [1.807, 2.05) is 55.5 Å². The largest absolute Gasteiger partial charge is 0.382 e. The fourth-order valence-corrected chi connectivity index (χ4v) is 3.98. The molecular formula is C20H21N4OPS. The van der Waals surface area contributed by atoms with Gasteiger partial charge in [-0.15, -0.1) is 20.3 Å². The zero-order valence-electron chi connectivity index (χ0n) is 15.2. The van der Waals surface area contributed by atoms with Crippen molar-refractivity contribution in [3.8, 4) is 11.3 Å². The Morgan fingerprint density at radius 2 is 1.85 bits per heavy atom. The van der Waals surface area contributed by atoms with E-state index in [9.17, 15) is 4.79 Å². The first-order valence-corrected chi connectivity index (χ1v) is 11.1. The van der Waals surface area contributed by atoms with E-state index >= 15 is 0 Å². The number of amides is 1. The third kappa shape index (κ3) is 5.06. The summed E-state index contributed by atoms with van der Waals surface area (Å²) in [6.45, 7) is 4.20. The van der Waals surface area contributed by atoms with E-state index in [-0.39, 0.29) is 17.4 Å². The van der Waals surface area contributed by atoms with Crippen LogP contribution in [0.15, 0.2) is 59.6 Å². The Kier molecular flexibility index (Phi) is 6.43. The van der Waals surface area contributed by atoms with E-state index in [1.54, 1.807) is 18.0 Å². The van der Waals surface area contributed by atoms with Crippen LogP contribution < -0.4 is 11.1 Å². The summed E-state index contributed by atoms with van der Waals surface area (Å²) in [5.74, 6) is -0.260. The molecule has 0 spiro atoms. The molecule has 0 saturated carbocycles. The van der Waals surface area contributed by atoms with Crippen LogP contribution in [0.2, 0.25) is 0 Å². The van der Waals surface area contributed by atoms with Crippen molar-refractivity contribution in [2.75, 3.05) is 23.2 Å². The number of thioether (sulfide) groups is 1. The van der Waals surface area contributed by atoms with Crippen molar-refractivity contribution < 1.29 is 4.79 Å². The third-order valence-electron chi connectivity index (χ3n) is 3.86. The quantitative estimate of drug-likeness (QED) is 0.468. The molecule has 0 saturated heterocycles. The molecule has 1 atom stereocenters. The van der Waals surface area contributed by atoms with Gasteiger partial charge >= 0.3 is 0 Å². The molecule has 0 bridgehead atoms. The van der Waals surface area contributed by atoms with Gasteiger partial charge in [-0.2, -0.15) is 0 Å². The molecule has 0 radical (unpaired) electrons. The van der Waals surface area contributed by atoms with Gasteiger partial charge in [0, 0.05) is 21.6 Å². The van der Waals surface area contributed by atoms with E-state index in [4.69, 9.17) is 5.73 Å². The molecular weight excluding hydrogens is 375 g/mol. The second-order valence-corrected chi connectivity index (χ2v) is 8.60. The highest BCUT2D eigenvalue weighted by Crippen LogP contribution is 2.25. The molecule has 0 aliphatic rings. The average Bonchev–Trinajstić information content (AvgIpc) is 2.68. The summed E-state index contributed by atoms with van der Waals surface area (Å²) in [4.78, 5) is 22.4. The van der Waals surface area contributed by atoms with E-state index in [0.29, 0.717) is 11.4 Å². The van der Waals surface area contributed by atoms with E-state index in [1.165, 1.54) is 4.90 Å². The molecule has 5 nitrogen and oxygen atoms in total. The minimum atomic E-state index is -0.371. The normalized spacial score (nSPS) is 11.0. The predicted molar refractivity (Wildman–Crippen MR) is 116 cm³/mol. The van der Waals surface area contributed by atoms with Crippen LogP contribution in [0.3, 0.4) is 0 Å². The van der Waals surface area contributed by atoms with Crippen LogP contribution >= 0.6 is 20.3 Å². The number of nitrogens with one attached hydrogen (secondary N) is 1. The van der Waals surface area contributed by atoms with E-state index < -0.39 is 0 Å². The van der Waals surface area contributed by atoms with Gasteiger partial charge in [0.1, 0.15) is 0 Å². The maximum Gasteiger partial charge on any atom is 0.278 e. The number of hydrogen-bond acceptors (Lipinski definition) is 5. The summed E-state index contributed by atoms with van der Waals surface area (Å²) in [7, 11) is 0.906. The molecule has 0 aliphatic carbocycles. The van der Waals surface area contributed by atoms with Gasteiger partial charge in [-0.1, -0.05) is 29.8 Å². The van der Waals surface area contributed by atoms with Crippen molar-refractivity contribution in [2.45, 2.75) is 11.8 Å². The summed E-state index contributed by atoms with van der Waals surface area (Å²) in [6, 6.07) is 15.6. The molecule has 1 amide bonds. The highest BCUT2D eigenvalue weighted by molar-refractivity contribution is 8.03. The van der Waals surface area contributed by atoms with E-state index in [2.05, 4.69) is 21.9 Å². The molecule has 3 N–H and O–H groups in total. The fraction of sp³-hybridized carbons (Fsp3) is 0.150. The van der Waals surface area contributed by atoms with Crippen molar-refractivity contribution in [3.63, 3.8) is 0 Å². The number of anilines is 2. The number of rotatable bonds is 6. The van der Waals surface area contributed by atoms with Crippen molar-refractivity contribution in [1.29, 1.82) is 0 Å². The van der Waals surface area contributed by atoms with Crippen molar-refractivity contribution >= 4 is 37.8 Å². The molecule has 7 heteroatoms. The number of nitrogens with two attached hydrogens (primary N) is 1. The molecule has 1 unspecified atom stereocenters. The lowest BCUT2D eigenvalue weighted by Crippen LogP contribution is -2.17. The molecule has 1 heterocycles. The van der Waals surface area contributed by atoms with E-state index in [0.717, 1.165) is 25.2 Å². The number of aryl methyl sites for hydroxylation is 1. The number of nitrogen functional groups attached to an aromatic ring is 1. The highest BCUT2D eigenvalue weighted by atomic mass is 32.2. The minimum absolute atomic E-state index is 0.111. The maximum absolute atomic E-state index is 12.6. The topological polar surface area (TPSA) is 80.9 Å². The Bertz CT molecular complexity index is 930. The number of nitrogens with zero attached hydrogens (tertiary/aromatic N) is 2. The molecule has 2 aromatic carbocycles.